The van der Waals surface area contributed by atoms with Crippen LogP contribution in [0.25, 0.3) is 0 Å². The van der Waals surface area contributed by atoms with Gasteiger partial charge in [-0.25, -0.2) is 4.79 Å². The van der Waals surface area contributed by atoms with Gasteiger partial charge in [-0.15, -0.1) is 0 Å². The molecule has 1 aliphatic rings. The molecular formula is C20H26ClNO6. The first-order valence-electron chi connectivity index (χ1n) is 9.55. The standard InChI is InChI=1S/C20H26ClNO6/c1-14(26-19(24)15-6-3-2-4-7-15)27-20(25)22-13-5-8-18(23)28-17-11-9-16(21)10-12-17/h9-12,14-15H,2-8,13H2,1H3,(H,22,25). The summed E-state index contributed by atoms with van der Waals surface area (Å²) in [6.45, 7) is 1.74. The number of alkyl carbamates (subject to hydrolysis) is 1. The molecule has 0 heterocycles. The van der Waals surface area contributed by atoms with E-state index in [-0.39, 0.29) is 24.9 Å². The third-order valence-corrected chi connectivity index (χ3v) is 4.62. The van der Waals surface area contributed by atoms with Crippen LogP contribution in [0.2, 0.25) is 5.02 Å². The van der Waals surface area contributed by atoms with Crippen LogP contribution in [0.1, 0.15) is 51.9 Å². The molecule has 1 unspecified atom stereocenters. The molecule has 0 saturated heterocycles. The van der Waals surface area contributed by atoms with Crippen molar-refractivity contribution in [2.75, 3.05) is 6.54 Å². The lowest BCUT2D eigenvalue weighted by Crippen LogP contribution is -2.32. The molecule has 154 valence electrons. The molecule has 0 aromatic heterocycles. The van der Waals surface area contributed by atoms with Gasteiger partial charge in [0.05, 0.1) is 5.92 Å². The van der Waals surface area contributed by atoms with Crippen molar-refractivity contribution in [3.8, 4) is 5.75 Å². The lowest BCUT2D eigenvalue weighted by molar-refractivity contribution is -0.171. The predicted molar refractivity (Wildman–Crippen MR) is 103 cm³/mol. The highest BCUT2D eigenvalue weighted by molar-refractivity contribution is 6.30. The Kier molecular flexibility index (Phi) is 9.07. The molecule has 1 fully saturated rings. The molecule has 7 nitrogen and oxygen atoms in total. The summed E-state index contributed by atoms with van der Waals surface area (Å²) >= 11 is 5.76. The van der Waals surface area contributed by atoms with E-state index in [0.29, 0.717) is 17.2 Å². The fourth-order valence-corrected chi connectivity index (χ4v) is 3.05. The van der Waals surface area contributed by atoms with Gasteiger partial charge in [-0.05, 0) is 43.5 Å². The highest BCUT2D eigenvalue weighted by Gasteiger charge is 2.25. The zero-order valence-electron chi connectivity index (χ0n) is 15.9. The van der Waals surface area contributed by atoms with Gasteiger partial charge in [-0.2, -0.15) is 0 Å². The quantitative estimate of drug-likeness (QED) is 0.298. The molecule has 1 aromatic carbocycles. The van der Waals surface area contributed by atoms with Gasteiger partial charge in [0.15, 0.2) is 0 Å². The molecule has 8 heteroatoms. The van der Waals surface area contributed by atoms with E-state index in [1.165, 1.54) is 6.92 Å². The summed E-state index contributed by atoms with van der Waals surface area (Å²) < 4.78 is 15.3. The number of ether oxygens (including phenoxy) is 3. The van der Waals surface area contributed by atoms with Crippen LogP contribution in [0.4, 0.5) is 4.79 Å². The number of carbonyl (C=O) groups excluding carboxylic acids is 3. The molecule has 1 saturated carbocycles. The fourth-order valence-electron chi connectivity index (χ4n) is 2.92. The third-order valence-electron chi connectivity index (χ3n) is 4.37. The Labute approximate surface area is 169 Å². The SMILES string of the molecule is CC(OC(=O)NCCCC(=O)Oc1ccc(Cl)cc1)OC(=O)C1CCCCC1. The maximum absolute atomic E-state index is 12.0. The molecule has 2 rings (SSSR count). The first kappa shape index (κ1) is 22.0. The summed E-state index contributed by atoms with van der Waals surface area (Å²) in [6, 6.07) is 6.46. The number of nitrogens with one attached hydrogen (secondary N) is 1. The Balaban J connectivity index is 1.56. The van der Waals surface area contributed by atoms with E-state index in [4.69, 9.17) is 25.8 Å². The van der Waals surface area contributed by atoms with Gasteiger partial charge in [0, 0.05) is 24.9 Å². The number of benzene rings is 1. The van der Waals surface area contributed by atoms with Crippen molar-refractivity contribution in [2.45, 2.75) is 58.2 Å². The third kappa shape index (κ3) is 8.17. The number of amides is 1. The Morgan fingerprint density at radius 2 is 1.79 bits per heavy atom. The van der Waals surface area contributed by atoms with Crippen molar-refractivity contribution in [1.82, 2.24) is 5.32 Å². The first-order chi connectivity index (χ1) is 13.4. The van der Waals surface area contributed by atoms with E-state index in [2.05, 4.69) is 5.32 Å². The second-order valence-corrected chi connectivity index (χ2v) is 7.14. The summed E-state index contributed by atoms with van der Waals surface area (Å²) in [5.74, 6) is -0.415. The maximum Gasteiger partial charge on any atom is 0.410 e. The van der Waals surface area contributed by atoms with Gasteiger partial charge in [0.25, 0.3) is 0 Å². The van der Waals surface area contributed by atoms with Crippen LogP contribution in [0.3, 0.4) is 0 Å². The van der Waals surface area contributed by atoms with Crippen LogP contribution in [-0.4, -0.2) is 30.9 Å². The first-order valence-corrected chi connectivity index (χ1v) is 9.93. The van der Waals surface area contributed by atoms with Crippen molar-refractivity contribution in [3.63, 3.8) is 0 Å². The summed E-state index contributed by atoms with van der Waals surface area (Å²) in [7, 11) is 0. The second kappa shape index (κ2) is 11.5. The van der Waals surface area contributed by atoms with Crippen molar-refractivity contribution in [2.24, 2.45) is 5.92 Å². The van der Waals surface area contributed by atoms with Gasteiger partial charge in [-0.3, -0.25) is 9.59 Å². The molecule has 28 heavy (non-hydrogen) atoms. The number of esters is 2. The summed E-state index contributed by atoms with van der Waals surface area (Å²) in [5, 5.41) is 3.07. The smallest absolute Gasteiger partial charge is 0.410 e. The highest BCUT2D eigenvalue weighted by atomic mass is 35.5. The Hall–Kier alpha value is -2.28. The topological polar surface area (TPSA) is 90.9 Å². The zero-order valence-corrected chi connectivity index (χ0v) is 16.7. The van der Waals surface area contributed by atoms with E-state index in [9.17, 15) is 14.4 Å². The van der Waals surface area contributed by atoms with E-state index < -0.39 is 18.4 Å². The monoisotopic (exact) mass is 411 g/mol. The maximum atomic E-state index is 12.0. The minimum absolute atomic E-state index is 0.102. The van der Waals surface area contributed by atoms with Crippen LogP contribution >= 0.6 is 11.6 Å². The Morgan fingerprint density at radius 3 is 2.46 bits per heavy atom. The van der Waals surface area contributed by atoms with Gasteiger partial charge in [0.1, 0.15) is 5.75 Å². The van der Waals surface area contributed by atoms with Gasteiger partial charge in [-0.1, -0.05) is 30.9 Å². The minimum Gasteiger partial charge on any atom is -0.427 e. The summed E-state index contributed by atoms with van der Waals surface area (Å²) in [5.41, 5.74) is 0. The lowest BCUT2D eigenvalue weighted by atomic mass is 9.89. The number of hydrogen-bond donors (Lipinski definition) is 1. The average Bonchev–Trinajstić information content (AvgIpc) is 2.67. The van der Waals surface area contributed by atoms with E-state index in [1.807, 2.05) is 0 Å². The molecule has 0 radical (unpaired) electrons. The zero-order chi connectivity index (χ0) is 20.4. The largest absolute Gasteiger partial charge is 0.427 e. The normalized spacial score (nSPS) is 15.4. The van der Waals surface area contributed by atoms with Crippen molar-refractivity contribution in [3.05, 3.63) is 29.3 Å². The molecule has 1 aliphatic carbocycles. The molecular weight excluding hydrogens is 386 g/mol. The fraction of sp³-hybridized carbons (Fsp3) is 0.550. The van der Waals surface area contributed by atoms with E-state index in [0.717, 1.165) is 32.1 Å². The van der Waals surface area contributed by atoms with E-state index in [1.54, 1.807) is 24.3 Å². The van der Waals surface area contributed by atoms with Crippen LogP contribution in [-0.2, 0) is 19.1 Å². The molecule has 0 spiro atoms. The van der Waals surface area contributed by atoms with Gasteiger partial charge < -0.3 is 19.5 Å². The number of halogens is 1. The molecule has 0 bridgehead atoms. The van der Waals surface area contributed by atoms with Crippen LogP contribution in [0, 0.1) is 5.92 Å². The molecule has 0 aliphatic heterocycles. The van der Waals surface area contributed by atoms with Gasteiger partial charge >= 0.3 is 18.0 Å². The second-order valence-electron chi connectivity index (χ2n) is 6.70. The lowest BCUT2D eigenvalue weighted by Gasteiger charge is -2.22. The number of carbonyl (C=O) groups is 3. The van der Waals surface area contributed by atoms with Crippen LogP contribution < -0.4 is 10.1 Å². The van der Waals surface area contributed by atoms with Crippen molar-refractivity contribution < 1.29 is 28.6 Å². The molecule has 1 amide bonds. The summed E-state index contributed by atoms with van der Waals surface area (Å²) in [4.78, 5) is 35.5. The Morgan fingerprint density at radius 1 is 1.11 bits per heavy atom. The Bertz CT molecular complexity index is 657. The molecule has 1 atom stereocenters. The number of hydrogen-bond acceptors (Lipinski definition) is 6. The average molecular weight is 412 g/mol. The summed E-state index contributed by atoms with van der Waals surface area (Å²) in [6.07, 6.45) is 3.71. The molecule has 1 N–H and O–H groups in total. The van der Waals surface area contributed by atoms with Gasteiger partial charge in [0.2, 0.25) is 6.29 Å². The van der Waals surface area contributed by atoms with Crippen molar-refractivity contribution in [1.29, 1.82) is 0 Å². The van der Waals surface area contributed by atoms with E-state index >= 15 is 0 Å². The van der Waals surface area contributed by atoms with Crippen molar-refractivity contribution >= 4 is 29.6 Å². The molecule has 1 aromatic rings. The predicted octanol–water partition coefficient (Wildman–Crippen LogP) is 4.22. The van der Waals surface area contributed by atoms with Crippen LogP contribution in [0.5, 0.6) is 5.75 Å². The number of rotatable bonds is 8. The minimum atomic E-state index is -0.954. The van der Waals surface area contributed by atoms with Crippen LogP contribution in [0.15, 0.2) is 24.3 Å². The highest BCUT2D eigenvalue weighted by Crippen LogP contribution is 2.25.